The third-order valence-corrected chi connectivity index (χ3v) is 5.41. The average Bonchev–Trinajstić information content (AvgIpc) is 2.73. The molecule has 0 spiro atoms. The van der Waals surface area contributed by atoms with Crippen LogP contribution in [0.25, 0.3) is 11.1 Å². The average molecular weight is 444 g/mol. The summed E-state index contributed by atoms with van der Waals surface area (Å²) in [5.41, 5.74) is 1.68. The van der Waals surface area contributed by atoms with Crippen molar-refractivity contribution in [1.29, 1.82) is 0 Å². The Kier molecular flexibility index (Phi) is 6.11. The van der Waals surface area contributed by atoms with Gasteiger partial charge in [0, 0.05) is 24.7 Å². The van der Waals surface area contributed by atoms with Crippen LogP contribution in [-0.4, -0.2) is 39.9 Å². The molecule has 7 nitrogen and oxygen atoms in total. The molecule has 10 heteroatoms. The van der Waals surface area contributed by atoms with E-state index in [-0.39, 0.29) is 17.0 Å². The number of rotatable bonds is 6. The lowest BCUT2D eigenvalue weighted by molar-refractivity contribution is -0.0498. The largest absolute Gasteiger partial charge is 0.435 e. The molecule has 1 fully saturated rings. The van der Waals surface area contributed by atoms with E-state index in [4.69, 9.17) is 0 Å². The molecule has 0 bridgehead atoms. The van der Waals surface area contributed by atoms with Crippen LogP contribution >= 0.6 is 0 Å². The second-order valence-electron chi connectivity index (χ2n) is 8.38. The van der Waals surface area contributed by atoms with E-state index >= 15 is 0 Å². The Morgan fingerprint density at radius 2 is 1.72 bits per heavy atom. The van der Waals surface area contributed by atoms with Crippen molar-refractivity contribution in [3.63, 3.8) is 0 Å². The van der Waals surface area contributed by atoms with Crippen LogP contribution in [0.15, 0.2) is 42.6 Å². The number of ether oxygens (including phenoxy) is 1. The van der Waals surface area contributed by atoms with Gasteiger partial charge in [0.15, 0.2) is 5.82 Å². The molecule has 3 heterocycles. The number of hydrogen-bond donors (Lipinski definition) is 1. The summed E-state index contributed by atoms with van der Waals surface area (Å²) < 4.78 is 43.2. The van der Waals surface area contributed by atoms with Crippen LogP contribution in [0.1, 0.15) is 26.7 Å². The van der Waals surface area contributed by atoms with E-state index < -0.39 is 12.6 Å². The minimum Gasteiger partial charge on any atom is -0.435 e. The Bertz CT molecular complexity index is 1070. The quantitative estimate of drug-likeness (QED) is 0.534. The van der Waals surface area contributed by atoms with Crippen LogP contribution in [0, 0.1) is 11.4 Å². The summed E-state index contributed by atoms with van der Waals surface area (Å²) in [7, 11) is 0. The first-order chi connectivity index (χ1) is 15.3. The first-order valence-electron chi connectivity index (χ1n) is 10.2. The third-order valence-electron chi connectivity index (χ3n) is 5.41. The second kappa shape index (κ2) is 8.97. The molecule has 1 aliphatic rings. The first kappa shape index (κ1) is 21.8. The van der Waals surface area contributed by atoms with Crippen molar-refractivity contribution in [2.45, 2.75) is 33.3 Å². The van der Waals surface area contributed by atoms with E-state index in [1.807, 2.05) is 4.90 Å². The van der Waals surface area contributed by atoms with Gasteiger partial charge in [0.05, 0.1) is 6.20 Å². The van der Waals surface area contributed by atoms with E-state index in [9.17, 15) is 13.2 Å². The predicted molar refractivity (Wildman–Crippen MR) is 115 cm³/mol. The molecule has 0 saturated carbocycles. The molecule has 1 aromatic carbocycles. The number of nitrogens with zero attached hydrogens (tertiary/aromatic N) is 5. The molecule has 3 aromatic rings. The van der Waals surface area contributed by atoms with E-state index in [0.29, 0.717) is 17.3 Å². The molecule has 0 radical (unpaired) electrons. The summed E-state index contributed by atoms with van der Waals surface area (Å²) >= 11 is 0. The van der Waals surface area contributed by atoms with Gasteiger partial charge in [-0.1, -0.05) is 26.0 Å². The Morgan fingerprint density at radius 1 is 1.00 bits per heavy atom. The van der Waals surface area contributed by atoms with Gasteiger partial charge >= 0.3 is 6.61 Å². The highest BCUT2D eigenvalue weighted by molar-refractivity contribution is 5.67. The molecule has 0 atom stereocenters. The first-order valence-corrected chi connectivity index (χ1v) is 10.2. The number of benzene rings is 1. The Morgan fingerprint density at radius 3 is 2.41 bits per heavy atom. The Hall–Kier alpha value is -3.43. The summed E-state index contributed by atoms with van der Waals surface area (Å²) in [5.74, 6) is 0.390. The van der Waals surface area contributed by atoms with Gasteiger partial charge in [-0.05, 0) is 42.0 Å². The number of alkyl halides is 2. The number of piperidine rings is 1. The minimum atomic E-state index is -2.88. The van der Waals surface area contributed by atoms with Crippen LogP contribution in [0.4, 0.5) is 30.8 Å². The number of nitrogens with one attached hydrogen (secondary N) is 1. The molecular formula is C22H23F3N6O. The summed E-state index contributed by atoms with van der Waals surface area (Å²) in [6, 6.07) is 9.07. The molecule has 1 aliphatic heterocycles. The fourth-order valence-electron chi connectivity index (χ4n) is 3.47. The summed E-state index contributed by atoms with van der Waals surface area (Å²) in [5, 5.41) is 11.0. The van der Waals surface area contributed by atoms with Gasteiger partial charge in [-0.3, -0.25) is 0 Å². The maximum absolute atomic E-state index is 14.2. The lowest BCUT2D eigenvalue weighted by atomic mass is 9.83. The lowest BCUT2D eigenvalue weighted by Crippen LogP contribution is -2.38. The highest BCUT2D eigenvalue weighted by Gasteiger charge is 2.27. The molecule has 0 amide bonds. The molecule has 2 aromatic heterocycles. The van der Waals surface area contributed by atoms with Gasteiger partial charge in [0.2, 0.25) is 11.9 Å². The maximum atomic E-state index is 14.2. The molecule has 1 saturated heterocycles. The van der Waals surface area contributed by atoms with Gasteiger partial charge in [0.25, 0.3) is 0 Å². The van der Waals surface area contributed by atoms with Crippen molar-refractivity contribution in [3.8, 4) is 16.9 Å². The highest BCUT2D eigenvalue weighted by atomic mass is 19.3. The summed E-state index contributed by atoms with van der Waals surface area (Å²) in [6.07, 6.45) is 3.49. The lowest BCUT2D eigenvalue weighted by Gasteiger charge is -2.36. The standard InChI is InChI=1S/C22H23F3N6O/c1-22(2)7-9-31(10-8-22)21-27-17(23)12-18(29-21)28-19-11-15(13-26-30-19)14-3-5-16(6-4-14)32-20(24)25/h3-6,11-13,20H,7-10H2,1-2H3,(H,27,28,29,30). The zero-order chi connectivity index (χ0) is 22.7. The highest BCUT2D eigenvalue weighted by Crippen LogP contribution is 2.31. The number of aromatic nitrogens is 4. The van der Waals surface area contributed by atoms with E-state index in [1.165, 1.54) is 24.4 Å². The van der Waals surface area contributed by atoms with Crippen LogP contribution in [0.5, 0.6) is 5.75 Å². The molecule has 1 N–H and O–H groups in total. The van der Waals surface area contributed by atoms with Crippen molar-refractivity contribution in [2.24, 2.45) is 5.41 Å². The Labute approximate surface area is 183 Å². The SMILES string of the molecule is CC1(C)CCN(c2nc(F)cc(Nc3cc(-c4ccc(OC(F)F)cc4)cnn3)n2)CC1. The fourth-order valence-corrected chi connectivity index (χ4v) is 3.47. The van der Waals surface area contributed by atoms with Crippen molar-refractivity contribution in [1.82, 2.24) is 20.2 Å². The number of anilines is 3. The van der Waals surface area contributed by atoms with Crippen LogP contribution < -0.4 is 15.0 Å². The van der Waals surface area contributed by atoms with E-state index in [0.717, 1.165) is 31.5 Å². The molecule has 32 heavy (non-hydrogen) atoms. The van der Waals surface area contributed by atoms with Crippen LogP contribution in [0.2, 0.25) is 0 Å². The fraction of sp³-hybridized carbons (Fsp3) is 0.364. The molecular weight excluding hydrogens is 421 g/mol. The minimum absolute atomic E-state index is 0.0641. The Balaban J connectivity index is 1.50. The zero-order valence-corrected chi connectivity index (χ0v) is 17.7. The second-order valence-corrected chi connectivity index (χ2v) is 8.38. The van der Waals surface area contributed by atoms with Crippen molar-refractivity contribution >= 4 is 17.6 Å². The van der Waals surface area contributed by atoms with Crippen molar-refractivity contribution < 1.29 is 17.9 Å². The third kappa shape index (κ3) is 5.43. The number of halogens is 3. The summed E-state index contributed by atoms with van der Waals surface area (Å²) in [6.45, 7) is 3.07. The topological polar surface area (TPSA) is 76.1 Å². The predicted octanol–water partition coefficient (Wildman–Crippen LogP) is 5.04. The number of hydrogen-bond acceptors (Lipinski definition) is 7. The van der Waals surface area contributed by atoms with Gasteiger partial charge in [-0.25, -0.2) is 0 Å². The molecule has 0 unspecified atom stereocenters. The normalized spacial score (nSPS) is 15.6. The van der Waals surface area contributed by atoms with E-state index in [2.05, 4.69) is 44.1 Å². The van der Waals surface area contributed by atoms with Gasteiger partial charge < -0.3 is 15.0 Å². The maximum Gasteiger partial charge on any atom is 0.387 e. The zero-order valence-electron chi connectivity index (χ0n) is 17.7. The van der Waals surface area contributed by atoms with Gasteiger partial charge in [0.1, 0.15) is 11.6 Å². The van der Waals surface area contributed by atoms with Crippen LogP contribution in [-0.2, 0) is 0 Å². The molecule has 0 aliphatic carbocycles. The van der Waals surface area contributed by atoms with Gasteiger partial charge in [-0.2, -0.15) is 28.2 Å². The smallest absolute Gasteiger partial charge is 0.387 e. The van der Waals surface area contributed by atoms with Gasteiger partial charge in [-0.15, -0.1) is 5.10 Å². The monoisotopic (exact) mass is 444 g/mol. The molecule has 168 valence electrons. The molecule has 4 rings (SSSR count). The summed E-state index contributed by atoms with van der Waals surface area (Å²) in [4.78, 5) is 10.4. The van der Waals surface area contributed by atoms with Crippen molar-refractivity contribution in [2.75, 3.05) is 23.3 Å². The van der Waals surface area contributed by atoms with Crippen LogP contribution in [0.3, 0.4) is 0 Å². The van der Waals surface area contributed by atoms with Crippen molar-refractivity contribution in [3.05, 3.63) is 48.5 Å². The van der Waals surface area contributed by atoms with E-state index in [1.54, 1.807) is 18.2 Å².